The summed E-state index contributed by atoms with van der Waals surface area (Å²) in [5.41, 5.74) is 1.47. The number of ketones is 1. The van der Waals surface area contributed by atoms with E-state index in [2.05, 4.69) is 5.32 Å². The number of nitrogens with one attached hydrogen (secondary N) is 1. The largest absolute Gasteiger partial charge is 0.480 e. The molecule has 0 aliphatic carbocycles. The lowest BCUT2D eigenvalue weighted by molar-refractivity contribution is -0.137. The number of hydrogen-bond acceptors (Lipinski definition) is 4. The van der Waals surface area contributed by atoms with E-state index in [0.29, 0.717) is 18.5 Å². The minimum Gasteiger partial charge on any atom is -0.480 e. The third-order valence-electron chi connectivity index (χ3n) is 4.19. The maximum atomic E-state index is 12.5. The van der Waals surface area contributed by atoms with Crippen LogP contribution in [0.1, 0.15) is 30.9 Å². The molecular formula is C18H22N2O5. The summed E-state index contributed by atoms with van der Waals surface area (Å²) in [7, 11) is 0. The van der Waals surface area contributed by atoms with Gasteiger partial charge in [0, 0.05) is 6.54 Å². The van der Waals surface area contributed by atoms with Crippen molar-refractivity contribution >= 4 is 23.6 Å². The molecule has 1 aromatic rings. The Hall–Kier alpha value is -2.70. The minimum atomic E-state index is -1.10. The van der Waals surface area contributed by atoms with Gasteiger partial charge >= 0.3 is 5.97 Å². The first-order chi connectivity index (χ1) is 11.9. The Bertz CT molecular complexity index is 686. The number of likely N-dealkylation sites (tertiary alicyclic amines) is 1. The van der Waals surface area contributed by atoms with Crippen LogP contribution in [0, 0.1) is 0 Å². The summed E-state index contributed by atoms with van der Waals surface area (Å²) in [6.45, 7) is 1.69. The zero-order chi connectivity index (χ0) is 18.4. The molecule has 1 aliphatic rings. The Kier molecular flexibility index (Phi) is 6.27. The Balaban J connectivity index is 1.96. The molecule has 0 radical (unpaired) electrons. The molecule has 0 saturated carbocycles. The highest BCUT2D eigenvalue weighted by Gasteiger charge is 2.31. The van der Waals surface area contributed by atoms with Crippen molar-refractivity contribution in [2.45, 2.75) is 38.6 Å². The van der Waals surface area contributed by atoms with Crippen LogP contribution in [0.15, 0.2) is 24.3 Å². The highest BCUT2D eigenvalue weighted by molar-refractivity contribution is 5.89. The van der Waals surface area contributed by atoms with Crippen LogP contribution in [-0.2, 0) is 32.0 Å². The number of aliphatic carboxylic acids is 1. The maximum Gasteiger partial charge on any atom is 0.322 e. The smallest absolute Gasteiger partial charge is 0.322 e. The molecule has 1 unspecified atom stereocenters. The molecule has 0 bridgehead atoms. The van der Waals surface area contributed by atoms with Crippen LogP contribution in [0.5, 0.6) is 0 Å². The van der Waals surface area contributed by atoms with Gasteiger partial charge < -0.3 is 15.3 Å². The van der Waals surface area contributed by atoms with Gasteiger partial charge in [0.1, 0.15) is 6.54 Å². The SMILES string of the molecule is CC(=O)C1CCCN1C(=O)Cc1cccc(CC(=O)NCC(=O)O)c1. The van der Waals surface area contributed by atoms with E-state index in [1.54, 1.807) is 29.2 Å². The zero-order valence-corrected chi connectivity index (χ0v) is 14.2. The molecule has 1 atom stereocenters. The summed E-state index contributed by atoms with van der Waals surface area (Å²) in [6, 6.07) is 6.75. The van der Waals surface area contributed by atoms with Gasteiger partial charge in [0.2, 0.25) is 11.8 Å². The number of carboxylic acid groups (broad SMARTS) is 1. The van der Waals surface area contributed by atoms with Gasteiger partial charge in [-0.2, -0.15) is 0 Å². The van der Waals surface area contributed by atoms with E-state index >= 15 is 0 Å². The van der Waals surface area contributed by atoms with Crippen LogP contribution in [-0.4, -0.2) is 52.7 Å². The average Bonchev–Trinajstić information content (AvgIpc) is 3.03. The van der Waals surface area contributed by atoms with Crippen LogP contribution >= 0.6 is 0 Å². The number of benzene rings is 1. The molecule has 1 aliphatic heterocycles. The average molecular weight is 346 g/mol. The first kappa shape index (κ1) is 18.6. The second kappa shape index (κ2) is 8.41. The number of carboxylic acids is 1. The monoisotopic (exact) mass is 346 g/mol. The molecule has 25 heavy (non-hydrogen) atoms. The number of rotatable bonds is 7. The van der Waals surface area contributed by atoms with Crippen LogP contribution in [0.3, 0.4) is 0 Å². The van der Waals surface area contributed by atoms with Crippen molar-refractivity contribution < 1.29 is 24.3 Å². The second-order valence-electron chi connectivity index (χ2n) is 6.20. The summed E-state index contributed by atoms with van der Waals surface area (Å²) in [6.07, 6.45) is 1.77. The molecule has 7 heteroatoms. The molecule has 1 fully saturated rings. The van der Waals surface area contributed by atoms with Crippen molar-refractivity contribution in [1.82, 2.24) is 10.2 Å². The lowest BCUT2D eigenvalue weighted by atomic mass is 10.0. The van der Waals surface area contributed by atoms with Gasteiger partial charge in [-0.25, -0.2) is 0 Å². The number of carbonyl (C=O) groups is 4. The Labute approximate surface area is 146 Å². The molecule has 1 saturated heterocycles. The van der Waals surface area contributed by atoms with Gasteiger partial charge in [-0.05, 0) is 30.9 Å². The van der Waals surface area contributed by atoms with Gasteiger partial charge in [-0.3, -0.25) is 19.2 Å². The summed E-state index contributed by atoms with van der Waals surface area (Å²) in [4.78, 5) is 47.9. The third-order valence-corrected chi connectivity index (χ3v) is 4.19. The van der Waals surface area contributed by atoms with E-state index in [1.165, 1.54) is 6.92 Å². The summed E-state index contributed by atoms with van der Waals surface area (Å²) < 4.78 is 0. The van der Waals surface area contributed by atoms with E-state index in [4.69, 9.17) is 5.11 Å². The summed E-state index contributed by atoms with van der Waals surface area (Å²) in [5, 5.41) is 10.9. The predicted molar refractivity (Wildman–Crippen MR) is 89.9 cm³/mol. The molecule has 7 nitrogen and oxygen atoms in total. The summed E-state index contributed by atoms with van der Waals surface area (Å²) in [5.74, 6) is -1.57. The zero-order valence-electron chi connectivity index (χ0n) is 14.2. The number of hydrogen-bond donors (Lipinski definition) is 2. The van der Waals surface area contributed by atoms with E-state index in [9.17, 15) is 19.2 Å². The van der Waals surface area contributed by atoms with Crippen molar-refractivity contribution in [3.8, 4) is 0 Å². The first-order valence-corrected chi connectivity index (χ1v) is 8.23. The Morgan fingerprint density at radius 2 is 1.88 bits per heavy atom. The van der Waals surface area contributed by atoms with Gasteiger partial charge in [0.25, 0.3) is 0 Å². The third kappa shape index (κ3) is 5.41. The lowest BCUT2D eigenvalue weighted by Gasteiger charge is -2.22. The molecule has 1 aromatic carbocycles. The van der Waals surface area contributed by atoms with Crippen LogP contribution in [0.2, 0.25) is 0 Å². The van der Waals surface area contributed by atoms with Gasteiger partial charge in [0.05, 0.1) is 18.9 Å². The van der Waals surface area contributed by atoms with Gasteiger partial charge in [0.15, 0.2) is 5.78 Å². The number of amides is 2. The van der Waals surface area contributed by atoms with Crippen molar-refractivity contribution in [2.24, 2.45) is 0 Å². The van der Waals surface area contributed by atoms with Gasteiger partial charge in [-0.1, -0.05) is 24.3 Å². The van der Waals surface area contributed by atoms with E-state index in [0.717, 1.165) is 12.0 Å². The minimum absolute atomic E-state index is 0.00898. The van der Waals surface area contributed by atoms with Gasteiger partial charge in [-0.15, -0.1) is 0 Å². The topological polar surface area (TPSA) is 104 Å². The van der Waals surface area contributed by atoms with E-state index in [-0.39, 0.29) is 36.5 Å². The van der Waals surface area contributed by atoms with Crippen LogP contribution in [0.4, 0.5) is 0 Å². The van der Waals surface area contributed by atoms with Crippen molar-refractivity contribution in [2.75, 3.05) is 13.1 Å². The molecule has 134 valence electrons. The fraction of sp³-hybridized carbons (Fsp3) is 0.444. The Morgan fingerprint density at radius 1 is 1.20 bits per heavy atom. The van der Waals surface area contributed by atoms with Crippen LogP contribution < -0.4 is 5.32 Å². The van der Waals surface area contributed by atoms with Crippen molar-refractivity contribution in [3.63, 3.8) is 0 Å². The fourth-order valence-corrected chi connectivity index (χ4v) is 3.04. The quantitative estimate of drug-likeness (QED) is 0.750. The van der Waals surface area contributed by atoms with E-state index in [1.807, 2.05) is 0 Å². The first-order valence-electron chi connectivity index (χ1n) is 8.23. The molecule has 2 N–H and O–H groups in total. The summed E-state index contributed by atoms with van der Waals surface area (Å²) >= 11 is 0. The molecular weight excluding hydrogens is 324 g/mol. The second-order valence-corrected chi connectivity index (χ2v) is 6.20. The molecule has 1 heterocycles. The van der Waals surface area contributed by atoms with Crippen molar-refractivity contribution in [1.29, 1.82) is 0 Å². The van der Waals surface area contributed by atoms with Crippen molar-refractivity contribution in [3.05, 3.63) is 35.4 Å². The standard InChI is InChI=1S/C18H22N2O5/c1-12(21)15-6-3-7-20(15)17(23)10-14-5-2-4-13(8-14)9-16(22)19-11-18(24)25/h2,4-5,8,15H,3,6-7,9-11H2,1H3,(H,19,22)(H,24,25). The molecule has 0 aromatic heterocycles. The molecule has 2 rings (SSSR count). The highest BCUT2D eigenvalue weighted by Crippen LogP contribution is 2.19. The maximum absolute atomic E-state index is 12.5. The van der Waals surface area contributed by atoms with E-state index < -0.39 is 12.5 Å². The van der Waals surface area contributed by atoms with Crippen LogP contribution in [0.25, 0.3) is 0 Å². The molecule has 0 spiro atoms. The fourth-order valence-electron chi connectivity index (χ4n) is 3.04. The highest BCUT2D eigenvalue weighted by atomic mass is 16.4. The Morgan fingerprint density at radius 3 is 2.52 bits per heavy atom. The predicted octanol–water partition coefficient (Wildman–Crippen LogP) is 0.552. The molecule has 2 amide bonds. The number of carbonyl (C=O) groups excluding carboxylic acids is 3. The normalized spacial score (nSPS) is 16.5. The number of nitrogens with zero attached hydrogens (tertiary/aromatic N) is 1. The number of Topliss-reactive ketones (excluding diaryl/α,β-unsaturated/α-hetero) is 1. The lowest BCUT2D eigenvalue weighted by Crippen LogP contribution is -2.40.